The molecule has 3 heterocycles. The Bertz CT molecular complexity index is 536. The molecule has 0 bridgehead atoms. The van der Waals surface area contributed by atoms with Gasteiger partial charge in [0.25, 0.3) is 0 Å². The van der Waals surface area contributed by atoms with Crippen molar-refractivity contribution in [1.29, 1.82) is 0 Å². The molecule has 0 aliphatic carbocycles. The van der Waals surface area contributed by atoms with Crippen LogP contribution in [0.1, 0.15) is 37.0 Å². The van der Waals surface area contributed by atoms with Crippen molar-refractivity contribution in [3.63, 3.8) is 0 Å². The maximum Gasteiger partial charge on any atom is 0.314 e. The minimum Gasteiger partial charge on any atom is -0.338 e. The molecule has 1 aromatic heterocycles. The van der Waals surface area contributed by atoms with E-state index in [2.05, 4.69) is 45.0 Å². The minimum absolute atomic E-state index is 0.00674. The van der Waals surface area contributed by atoms with E-state index in [1.807, 2.05) is 11.3 Å². The summed E-state index contributed by atoms with van der Waals surface area (Å²) in [6, 6.07) is 4.34. The molecule has 2 atom stereocenters. The van der Waals surface area contributed by atoms with Gasteiger partial charge < -0.3 is 15.5 Å². The van der Waals surface area contributed by atoms with Crippen molar-refractivity contribution in [2.45, 2.75) is 38.6 Å². The van der Waals surface area contributed by atoms with Crippen LogP contribution >= 0.6 is 11.3 Å². The van der Waals surface area contributed by atoms with Crippen LogP contribution in [-0.2, 0) is 6.54 Å². The zero-order valence-corrected chi connectivity index (χ0v) is 16.9. The van der Waals surface area contributed by atoms with Crippen LogP contribution in [0.25, 0.3) is 0 Å². The lowest BCUT2D eigenvalue weighted by molar-refractivity contribution is 0.166. The van der Waals surface area contributed by atoms with Crippen LogP contribution < -0.4 is 10.6 Å². The van der Waals surface area contributed by atoms with Gasteiger partial charge in [-0.15, -0.1) is 11.3 Å². The number of likely N-dealkylation sites (tertiary alicyclic amines) is 2. The number of nitrogens with one attached hydrogen (secondary N) is 2. The molecule has 2 unspecified atom stereocenters. The predicted molar refractivity (Wildman–Crippen MR) is 109 cm³/mol. The first-order chi connectivity index (χ1) is 12.7. The van der Waals surface area contributed by atoms with E-state index in [0.29, 0.717) is 11.8 Å². The van der Waals surface area contributed by atoms with E-state index in [0.717, 1.165) is 32.7 Å². The first-order valence-electron chi connectivity index (χ1n) is 10.1. The summed E-state index contributed by atoms with van der Waals surface area (Å²) >= 11 is 1.83. The van der Waals surface area contributed by atoms with Crippen molar-refractivity contribution >= 4 is 17.4 Å². The first kappa shape index (κ1) is 19.6. The van der Waals surface area contributed by atoms with Gasteiger partial charge in [0, 0.05) is 37.6 Å². The summed E-state index contributed by atoms with van der Waals surface area (Å²) < 4.78 is 0. The van der Waals surface area contributed by atoms with Gasteiger partial charge in [-0.3, -0.25) is 4.90 Å². The molecule has 0 spiro atoms. The monoisotopic (exact) mass is 378 g/mol. The third kappa shape index (κ3) is 6.56. The average molecular weight is 379 g/mol. The van der Waals surface area contributed by atoms with Crippen molar-refractivity contribution in [3.05, 3.63) is 22.4 Å². The Morgan fingerprint density at radius 1 is 1.12 bits per heavy atom. The molecule has 0 aromatic carbocycles. The van der Waals surface area contributed by atoms with Crippen molar-refractivity contribution < 1.29 is 4.79 Å². The number of piperidine rings is 1. The summed E-state index contributed by atoms with van der Waals surface area (Å²) in [4.78, 5) is 18.5. The lowest BCUT2D eigenvalue weighted by Gasteiger charge is -2.32. The summed E-state index contributed by atoms with van der Waals surface area (Å²) in [6.07, 6.45) is 6.23. The van der Waals surface area contributed by atoms with Gasteiger partial charge in [0.05, 0.1) is 0 Å². The van der Waals surface area contributed by atoms with Crippen LogP contribution in [0.2, 0.25) is 0 Å². The van der Waals surface area contributed by atoms with Gasteiger partial charge in [0.1, 0.15) is 0 Å². The smallest absolute Gasteiger partial charge is 0.314 e. The Morgan fingerprint density at radius 3 is 2.65 bits per heavy atom. The summed E-state index contributed by atoms with van der Waals surface area (Å²) in [5.41, 5.74) is 0. The van der Waals surface area contributed by atoms with Gasteiger partial charge in [-0.1, -0.05) is 12.5 Å². The highest BCUT2D eigenvalue weighted by molar-refractivity contribution is 7.09. The summed E-state index contributed by atoms with van der Waals surface area (Å²) in [7, 11) is 2.18. The Kier molecular flexibility index (Phi) is 7.77. The fourth-order valence-electron chi connectivity index (χ4n) is 4.23. The molecular formula is C20H34N4OS. The average Bonchev–Trinajstić information content (AvgIpc) is 3.05. The molecule has 146 valence electrons. The van der Waals surface area contributed by atoms with Crippen LogP contribution in [0.5, 0.6) is 0 Å². The highest BCUT2D eigenvalue weighted by Crippen LogP contribution is 2.20. The van der Waals surface area contributed by atoms with E-state index >= 15 is 0 Å². The number of hydrogen-bond donors (Lipinski definition) is 2. The molecule has 0 radical (unpaired) electrons. The van der Waals surface area contributed by atoms with E-state index in [1.165, 1.54) is 50.1 Å². The number of urea groups is 1. The Morgan fingerprint density at radius 2 is 1.88 bits per heavy atom. The van der Waals surface area contributed by atoms with E-state index in [-0.39, 0.29) is 6.03 Å². The van der Waals surface area contributed by atoms with E-state index < -0.39 is 0 Å². The molecular weight excluding hydrogens is 344 g/mol. The van der Waals surface area contributed by atoms with E-state index in [9.17, 15) is 4.79 Å². The highest BCUT2D eigenvalue weighted by atomic mass is 32.1. The second-order valence-corrected chi connectivity index (χ2v) is 9.07. The molecule has 1 aromatic rings. The molecule has 2 amide bonds. The van der Waals surface area contributed by atoms with Gasteiger partial charge in [0.15, 0.2) is 0 Å². The zero-order chi connectivity index (χ0) is 18.2. The third-order valence-electron chi connectivity index (χ3n) is 5.64. The maximum absolute atomic E-state index is 12.2. The Labute approximate surface area is 162 Å². The highest BCUT2D eigenvalue weighted by Gasteiger charge is 2.21. The van der Waals surface area contributed by atoms with Crippen molar-refractivity contribution in [1.82, 2.24) is 20.4 Å². The summed E-state index contributed by atoms with van der Waals surface area (Å²) in [6.45, 7) is 7.19. The standard InChI is InChI=1S/C20H34N4OS/c1-23-9-3-2-6-17(14-23)12-21-20(25)22-13-18-7-4-10-24(15-18)16-19-8-5-11-26-19/h5,8,11,17-18H,2-4,6-7,9-10,12-16H2,1H3,(H2,21,22,25). The first-order valence-corrected chi connectivity index (χ1v) is 11.0. The molecule has 5 nitrogen and oxygen atoms in total. The molecule has 6 heteroatoms. The minimum atomic E-state index is 0.00674. The predicted octanol–water partition coefficient (Wildman–Crippen LogP) is 2.99. The van der Waals surface area contributed by atoms with Crippen LogP contribution in [0.3, 0.4) is 0 Å². The lowest BCUT2D eigenvalue weighted by atomic mass is 9.98. The van der Waals surface area contributed by atoms with Crippen molar-refractivity contribution in [2.24, 2.45) is 11.8 Å². The maximum atomic E-state index is 12.2. The fourth-order valence-corrected chi connectivity index (χ4v) is 4.97. The number of carbonyl (C=O) groups is 1. The largest absolute Gasteiger partial charge is 0.338 e. The topological polar surface area (TPSA) is 47.6 Å². The lowest BCUT2D eigenvalue weighted by Crippen LogP contribution is -2.44. The van der Waals surface area contributed by atoms with Crippen LogP contribution in [0, 0.1) is 11.8 Å². The number of amides is 2. The fraction of sp³-hybridized carbons (Fsp3) is 0.750. The zero-order valence-electron chi connectivity index (χ0n) is 16.1. The van der Waals surface area contributed by atoms with Gasteiger partial charge in [-0.2, -0.15) is 0 Å². The molecule has 3 rings (SSSR count). The number of nitrogens with zero attached hydrogens (tertiary/aromatic N) is 2. The summed E-state index contributed by atoms with van der Waals surface area (Å²) in [5, 5.41) is 8.36. The third-order valence-corrected chi connectivity index (χ3v) is 6.50. The molecule has 26 heavy (non-hydrogen) atoms. The Hall–Kier alpha value is -1.11. The SMILES string of the molecule is CN1CCCCC(CNC(=O)NCC2CCCN(Cc3cccs3)C2)C1. The van der Waals surface area contributed by atoms with Crippen LogP contribution in [-0.4, -0.2) is 62.1 Å². The second kappa shape index (κ2) is 10.3. The van der Waals surface area contributed by atoms with Crippen LogP contribution in [0.4, 0.5) is 4.79 Å². The normalized spacial score (nSPS) is 25.6. The number of rotatable bonds is 6. The van der Waals surface area contributed by atoms with Gasteiger partial charge in [-0.05, 0) is 69.1 Å². The van der Waals surface area contributed by atoms with Crippen molar-refractivity contribution in [3.8, 4) is 0 Å². The van der Waals surface area contributed by atoms with E-state index in [1.54, 1.807) is 0 Å². The van der Waals surface area contributed by atoms with Crippen molar-refractivity contribution in [2.75, 3.05) is 46.3 Å². The molecule has 2 saturated heterocycles. The van der Waals surface area contributed by atoms with Gasteiger partial charge in [0.2, 0.25) is 0 Å². The van der Waals surface area contributed by atoms with Gasteiger partial charge in [-0.25, -0.2) is 4.79 Å². The van der Waals surface area contributed by atoms with Gasteiger partial charge >= 0.3 is 6.03 Å². The van der Waals surface area contributed by atoms with Crippen LogP contribution in [0.15, 0.2) is 17.5 Å². The number of hydrogen-bond acceptors (Lipinski definition) is 4. The molecule has 0 saturated carbocycles. The molecule has 2 N–H and O–H groups in total. The number of thiophene rings is 1. The molecule has 2 fully saturated rings. The molecule has 2 aliphatic rings. The Balaban J connectivity index is 1.33. The number of carbonyl (C=O) groups excluding carboxylic acids is 1. The molecule has 2 aliphatic heterocycles. The van der Waals surface area contributed by atoms with E-state index in [4.69, 9.17) is 0 Å². The summed E-state index contributed by atoms with van der Waals surface area (Å²) in [5.74, 6) is 1.16. The second-order valence-electron chi connectivity index (χ2n) is 8.04. The quantitative estimate of drug-likeness (QED) is 0.800.